The Labute approximate surface area is 108 Å². The topological polar surface area (TPSA) is 57.6 Å². The highest BCUT2D eigenvalue weighted by atomic mass is 32.1. The van der Waals surface area contributed by atoms with Gasteiger partial charge in [-0.05, 0) is 28.8 Å². The van der Waals surface area contributed by atoms with Crippen LogP contribution in [0.3, 0.4) is 0 Å². The third-order valence-corrected chi connectivity index (χ3v) is 3.82. The molecule has 0 aliphatic heterocycles. The van der Waals surface area contributed by atoms with Gasteiger partial charge in [-0.3, -0.25) is 4.79 Å². The first-order valence-electron chi connectivity index (χ1n) is 5.53. The lowest BCUT2D eigenvalue weighted by molar-refractivity contribution is -0.155. The maximum Gasteiger partial charge on any atom is 0.394 e. The molecule has 0 saturated heterocycles. The van der Waals surface area contributed by atoms with Crippen LogP contribution in [0.2, 0.25) is 0 Å². The number of carboxylic acids is 1. The van der Waals surface area contributed by atoms with Gasteiger partial charge in [0.05, 0.1) is 0 Å². The molecule has 1 aromatic heterocycles. The molecule has 0 saturated carbocycles. The van der Waals surface area contributed by atoms with Gasteiger partial charge >= 0.3 is 11.9 Å². The number of fused-ring (bicyclic) bond motifs is 1. The molecule has 4 nitrogen and oxygen atoms in total. The molecule has 0 fully saturated rings. The molecule has 0 radical (unpaired) electrons. The van der Waals surface area contributed by atoms with Crippen molar-refractivity contribution in [1.82, 2.24) is 4.90 Å². The van der Waals surface area contributed by atoms with E-state index in [1.807, 2.05) is 18.2 Å². The lowest BCUT2D eigenvalue weighted by Gasteiger charge is -2.13. The van der Waals surface area contributed by atoms with Crippen LogP contribution in [-0.2, 0) is 16.0 Å². The zero-order valence-electron chi connectivity index (χ0n) is 9.92. The average molecular weight is 263 g/mol. The summed E-state index contributed by atoms with van der Waals surface area (Å²) in [7, 11) is 1.50. The molecule has 1 heterocycles. The van der Waals surface area contributed by atoms with Gasteiger partial charge in [0.1, 0.15) is 0 Å². The summed E-state index contributed by atoms with van der Waals surface area (Å²) in [6.07, 6.45) is 0.666. The second-order valence-corrected chi connectivity index (χ2v) is 4.95. The molecule has 94 valence electrons. The number of aliphatic carboxylic acids is 1. The molecule has 0 spiro atoms. The van der Waals surface area contributed by atoms with Crippen LogP contribution in [0.4, 0.5) is 0 Å². The zero-order valence-corrected chi connectivity index (χ0v) is 10.7. The van der Waals surface area contributed by atoms with Crippen molar-refractivity contribution in [3.8, 4) is 0 Å². The van der Waals surface area contributed by atoms with Crippen LogP contribution in [0.1, 0.15) is 5.56 Å². The molecule has 18 heavy (non-hydrogen) atoms. The summed E-state index contributed by atoms with van der Waals surface area (Å²) in [5.74, 6) is -2.28. The second-order valence-electron chi connectivity index (χ2n) is 4.04. The molecule has 1 aromatic carbocycles. The number of carbonyl (C=O) groups excluding carboxylic acids is 1. The van der Waals surface area contributed by atoms with Crippen molar-refractivity contribution in [2.24, 2.45) is 0 Å². The number of likely N-dealkylation sites (N-methyl/N-ethyl adjacent to an activating group) is 1. The summed E-state index contributed by atoms with van der Waals surface area (Å²) < 4.78 is 1.21. The number of hydrogen-bond donors (Lipinski definition) is 1. The van der Waals surface area contributed by atoms with E-state index in [0.717, 1.165) is 5.56 Å². The van der Waals surface area contributed by atoms with E-state index < -0.39 is 11.9 Å². The Morgan fingerprint density at radius 1 is 1.33 bits per heavy atom. The van der Waals surface area contributed by atoms with Crippen LogP contribution in [0.5, 0.6) is 0 Å². The monoisotopic (exact) mass is 263 g/mol. The highest BCUT2D eigenvalue weighted by Crippen LogP contribution is 2.25. The van der Waals surface area contributed by atoms with Crippen LogP contribution >= 0.6 is 11.3 Å². The third kappa shape index (κ3) is 2.51. The van der Waals surface area contributed by atoms with Gasteiger partial charge < -0.3 is 10.0 Å². The number of rotatable bonds is 3. The van der Waals surface area contributed by atoms with E-state index in [0.29, 0.717) is 13.0 Å². The Hall–Kier alpha value is -1.88. The van der Waals surface area contributed by atoms with Gasteiger partial charge in [0, 0.05) is 18.3 Å². The van der Waals surface area contributed by atoms with E-state index in [9.17, 15) is 9.59 Å². The fourth-order valence-corrected chi connectivity index (χ4v) is 2.78. The van der Waals surface area contributed by atoms with Gasteiger partial charge in [-0.25, -0.2) is 4.79 Å². The molecule has 0 bridgehead atoms. The van der Waals surface area contributed by atoms with Crippen molar-refractivity contribution in [3.63, 3.8) is 0 Å². The standard InChI is InChI=1S/C13H13NO3S/c1-14(12(15)13(16)17)7-6-9-8-18-11-5-3-2-4-10(9)11/h2-5,8H,6-7H2,1H3,(H,16,17). The van der Waals surface area contributed by atoms with Crippen LogP contribution in [0, 0.1) is 0 Å². The normalized spacial score (nSPS) is 10.5. The van der Waals surface area contributed by atoms with E-state index in [1.165, 1.54) is 22.0 Å². The predicted molar refractivity (Wildman–Crippen MR) is 70.8 cm³/mol. The summed E-state index contributed by atoms with van der Waals surface area (Å²) in [6.45, 7) is 0.409. The molecule has 1 amide bonds. The zero-order chi connectivity index (χ0) is 13.1. The van der Waals surface area contributed by atoms with Gasteiger partial charge in [0.25, 0.3) is 0 Å². The van der Waals surface area contributed by atoms with Crippen LogP contribution in [0.25, 0.3) is 10.1 Å². The van der Waals surface area contributed by atoms with E-state index in [1.54, 1.807) is 11.3 Å². The van der Waals surface area contributed by atoms with Crippen molar-refractivity contribution in [2.45, 2.75) is 6.42 Å². The number of thiophene rings is 1. The molecule has 2 rings (SSSR count). The summed E-state index contributed by atoms with van der Waals surface area (Å²) in [4.78, 5) is 23.0. The van der Waals surface area contributed by atoms with Crippen molar-refractivity contribution >= 4 is 33.3 Å². The number of carbonyl (C=O) groups is 2. The maximum atomic E-state index is 11.2. The number of carboxylic acid groups (broad SMARTS) is 1. The molecular formula is C13H13NO3S. The number of nitrogens with zero attached hydrogens (tertiary/aromatic N) is 1. The van der Waals surface area contributed by atoms with Crippen LogP contribution < -0.4 is 0 Å². The molecule has 0 unspecified atom stereocenters. The quantitative estimate of drug-likeness (QED) is 0.861. The van der Waals surface area contributed by atoms with Crippen molar-refractivity contribution < 1.29 is 14.7 Å². The summed E-state index contributed by atoms with van der Waals surface area (Å²) in [5.41, 5.74) is 1.15. The van der Waals surface area contributed by atoms with Crippen LogP contribution in [-0.4, -0.2) is 35.5 Å². The molecule has 1 N–H and O–H groups in total. The average Bonchev–Trinajstić information content (AvgIpc) is 2.78. The van der Waals surface area contributed by atoms with E-state index in [-0.39, 0.29) is 0 Å². The maximum absolute atomic E-state index is 11.2. The first-order valence-corrected chi connectivity index (χ1v) is 6.41. The van der Waals surface area contributed by atoms with Crippen molar-refractivity contribution in [3.05, 3.63) is 35.2 Å². The van der Waals surface area contributed by atoms with Gasteiger partial charge in [-0.15, -0.1) is 11.3 Å². The third-order valence-electron chi connectivity index (χ3n) is 2.81. The molecule has 0 atom stereocenters. The van der Waals surface area contributed by atoms with E-state index in [4.69, 9.17) is 5.11 Å². The Balaban J connectivity index is 2.06. The lowest BCUT2D eigenvalue weighted by atomic mass is 10.1. The molecule has 0 aliphatic rings. The van der Waals surface area contributed by atoms with Gasteiger partial charge in [-0.1, -0.05) is 18.2 Å². The molecular weight excluding hydrogens is 250 g/mol. The fraction of sp³-hybridized carbons (Fsp3) is 0.231. The Morgan fingerprint density at radius 2 is 2.06 bits per heavy atom. The van der Waals surface area contributed by atoms with Gasteiger partial charge in [-0.2, -0.15) is 0 Å². The number of hydrogen-bond acceptors (Lipinski definition) is 3. The Kier molecular flexibility index (Phi) is 3.62. The minimum atomic E-state index is -1.41. The predicted octanol–water partition coefficient (Wildman–Crippen LogP) is 1.99. The minimum Gasteiger partial charge on any atom is -0.474 e. The molecule has 2 aromatic rings. The molecule has 0 aliphatic carbocycles. The largest absolute Gasteiger partial charge is 0.474 e. The van der Waals surface area contributed by atoms with E-state index in [2.05, 4.69) is 11.4 Å². The van der Waals surface area contributed by atoms with Gasteiger partial charge in [0.15, 0.2) is 0 Å². The minimum absolute atomic E-state index is 0.409. The van der Waals surface area contributed by atoms with Crippen LogP contribution in [0.15, 0.2) is 29.6 Å². The Morgan fingerprint density at radius 3 is 2.78 bits per heavy atom. The highest BCUT2D eigenvalue weighted by molar-refractivity contribution is 7.17. The summed E-state index contributed by atoms with van der Waals surface area (Å²) >= 11 is 1.66. The van der Waals surface area contributed by atoms with Gasteiger partial charge in [0.2, 0.25) is 0 Å². The molecule has 5 heteroatoms. The Bertz CT molecular complexity index is 591. The smallest absolute Gasteiger partial charge is 0.394 e. The second kappa shape index (κ2) is 5.18. The summed E-state index contributed by atoms with van der Waals surface area (Å²) in [5, 5.41) is 11.8. The highest BCUT2D eigenvalue weighted by Gasteiger charge is 2.16. The number of benzene rings is 1. The SMILES string of the molecule is CN(CCc1csc2ccccc12)C(=O)C(=O)O. The van der Waals surface area contributed by atoms with E-state index >= 15 is 0 Å². The fourth-order valence-electron chi connectivity index (χ4n) is 1.78. The van der Waals surface area contributed by atoms with Crippen molar-refractivity contribution in [1.29, 1.82) is 0 Å². The first-order chi connectivity index (χ1) is 8.59. The lowest BCUT2D eigenvalue weighted by Crippen LogP contribution is -2.34. The first kappa shape index (κ1) is 12.6. The van der Waals surface area contributed by atoms with Crippen molar-refractivity contribution in [2.75, 3.05) is 13.6 Å². The summed E-state index contributed by atoms with van der Waals surface area (Å²) in [6, 6.07) is 8.06. The number of amides is 1.